The van der Waals surface area contributed by atoms with Crippen LogP contribution < -0.4 is 5.32 Å². The second-order valence-corrected chi connectivity index (χ2v) is 15.1. The fourth-order valence-corrected chi connectivity index (χ4v) is 4.44. The van der Waals surface area contributed by atoms with Crippen LogP contribution in [0.4, 0.5) is 4.79 Å². The summed E-state index contributed by atoms with van der Waals surface area (Å²) in [5.41, 5.74) is 0.758. The molecule has 0 aromatic heterocycles. The number of nitrogens with one attached hydrogen (secondary N) is 1. The Morgan fingerprint density at radius 3 is 2.25 bits per heavy atom. The monoisotopic (exact) mass is 406 g/mol. The van der Waals surface area contributed by atoms with E-state index in [2.05, 4.69) is 68.3 Å². The van der Waals surface area contributed by atoms with Gasteiger partial charge < -0.3 is 14.5 Å². The van der Waals surface area contributed by atoms with Crippen molar-refractivity contribution < 1.29 is 14.0 Å². The highest BCUT2D eigenvalue weighted by molar-refractivity contribution is 6.74. The predicted octanol–water partition coefficient (Wildman–Crippen LogP) is 4.79. The number of benzene rings is 1. The van der Waals surface area contributed by atoms with E-state index in [-0.39, 0.29) is 23.3 Å². The Morgan fingerprint density at radius 2 is 1.71 bits per heavy atom. The van der Waals surface area contributed by atoms with Crippen molar-refractivity contribution >= 4 is 14.4 Å². The molecule has 28 heavy (non-hydrogen) atoms. The highest BCUT2D eigenvalue weighted by atomic mass is 28.4. The first-order valence-corrected chi connectivity index (χ1v) is 13.1. The van der Waals surface area contributed by atoms with Crippen molar-refractivity contribution in [3.63, 3.8) is 0 Å². The zero-order valence-electron chi connectivity index (χ0n) is 18.8. The lowest BCUT2D eigenvalue weighted by Gasteiger charge is -2.39. The van der Waals surface area contributed by atoms with Gasteiger partial charge in [-0.1, -0.05) is 51.1 Å². The minimum absolute atomic E-state index is 0.0304. The molecule has 0 spiro atoms. The van der Waals surface area contributed by atoms with Crippen molar-refractivity contribution in [2.75, 3.05) is 13.1 Å². The Balaban J connectivity index is 2.11. The number of rotatable bonds is 5. The van der Waals surface area contributed by atoms with Crippen LogP contribution in [0.2, 0.25) is 18.1 Å². The Bertz CT molecular complexity index is 650. The molecule has 0 saturated carbocycles. The fourth-order valence-electron chi connectivity index (χ4n) is 3.09. The first-order chi connectivity index (χ1) is 12.8. The SMILES string of the molecule is CC(C)(C)OC(=O)N[C@@H]1CN(Cc2ccccc2)C[C@H]1O[Si](C)(C)C(C)(C)C. The highest BCUT2D eigenvalue weighted by Crippen LogP contribution is 2.38. The number of hydrogen-bond donors (Lipinski definition) is 1. The molecular weight excluding hydrogens is 368 g/mol. The molecule has 1 aromatic rings. The van der Waals surface area contributed by atoms with Gasteiger partial charge in [-0.25, -0.2) is 4.79 Å². The van der Waals surface area contributed by atoms with Gasteiger partial charge in [0, 0.05) is 19.6 Å². The highest BCUT2D eigenvalue weighted by Gasteiger charge is 2.44. The Hall–Kier alpha value is -1.37. The summed E-state index contributed by atoms with van der Waals surface area (Å²) < 4.78 is 12.2. The molecular formula is C22H38N2O3Si. The van der Waals surface area contributed by atoms with Crippen molar-refractivity contribution in [3.8, 4) is 0 Å². The van der Waals surface area contributed by atoms with E-state index in [1.165, 1.54) is 5.56 Å². The van der Waals surface area contributed by atoms with Gasteiger partial charge in [-0.2, -0.15) is 0 Å². The summed E-state index contributed by atoms with van der Waals surface area (Å²) in [5.74, 6) is 0. The molecule has 1 heterocycles. The first kappa shape index (κ1) is 22.9. The van der Waals surface area contributed by atoms with Crippen molar-refractivity contribution in [2.24, 2.45) is 0 Å². The van der Waals surface area contributed by atoms with Crippen LogP contribution in [-0.4, -0.2) is 50.1 Å². The van der Waals surface area contributed by atoms with Crippen LogP contribution >= 0.6 is 0 Å². The van der Waals surface area contributed by atoms with Gasteiger partial charge in [0.1, 0.15) is 5.60 Å². The van der Waals surface area contributed by atoms with Crippen LogP contribution in [0.15, 0.2) is 30.3 Å². The van der Waals surface area contributed by atoms with E-state index in [0.29, 0.717) is 0 Å². The van der Waals surface area contributed by atoms with Crippen molar-refractivity contribution in [1.82, 2.24) is 10.2 Å². The second kappa shape index (κ2) is 8.55. The number of carbonyl (C=O) groups excluding carboxylic acids is 1. The zero-order chi connectivity index (χ0) is 21.2. The number of ether oxygens (including phenoxy) is 1. The molecule has 2 rings (SSSR count). The van der Waals surface area contributed by atoms with Crippen LogP contribution in [0, 0.1) is 0 Å². The average Bonchev–Trinajstić information content (AvgIpc) is 2.85. The van der Waals surface area contributed by atoms with E-state index in [1.807, 2.05) is 26.8 Å². The summed E-state index contributed by atoms with van der Waals surface area (Å²) in [6, 6.07) is 10.4. The lowest BCUT2D eigenvalue weighted by Crippen LogP contribution is -2.51. The summed E-state index contributed by atoms with van der Waals surface area (Å²) in [6.07, 6.45) is -0.403. The molecule has 1 N–H and O–H groups in total. The molecule has 1 aliphatic heterocycles. The quantitative estimate of drug-likeness (QED) is 0.715. The summed E-state index contributed by atoms with van der Waals surface area (Å²) in [4.78, 5) is 14.7. The molecule has 1 aliphatic rings. The normalized spacial score (nSPS) is 21.6. The predicted molar refractivity (Wildman–Crippen MR) is 117 cm³/mol. The lowest BCUT2D eigenvalue weighted by atomic mass is 10.2. The van der Waals surface area contributed by atoms with Gasteiger partial charge in [0.25, 0.3) is 0 Å². The largest absolute Gasteiger partial charge is 0.444 e. The Morgan fingerprint density at radius 1 is 1.11 bits per heavy atom. The summed E-state index contributed by atoms with van der Waals surface area (Å²) in [5, 5.41) is 3.19. The van der Waals surface area contributed by atoms with Gasteiger partial charge in [-0.3, -0.25) is 4.90 Å². The number of nitrogens with zero attached hydrogens (tertiary/aromatic N) is 1. The van der Waals surface area contributed by atoms with Crippen molar-refractivity contribution in [1.29, 1.82) is 0 Å². The van der Waals surface area contributed by atoms with Crippen LogP contribution in [0.3, 0.4) is 0 Å². The Labute approximate surface area is 171 Å². The molecule has 1 amide bonds. The second-order valence-electron chi connectivity index (χ2n) is 10.3. The third-order valence-electron chi connectivity index (χ3n) is 5.55. The number of carbonyl (C=O) groups is 1. The number of amides is 1. The number of alkyl carbamates (subject to hydrolysis) is 1. The summed E-state index contributed by atoms with van der Waals surface area (Å²) in [7, 11) is -1.95. The van der Waals surface area contributed by atoms with E-state index < -0.39 is 13.9 Å². The fraction of sp³-hybridized carbons (Fsp3) is 0.682. The summed E-state index contributed by atoms with van der Waals surface area (Å²) in [6.45, 7) is 19.3. The van der Waals surface area contributed by atoms with E-state index in [1.54, 1.807) is 0 Å². The maximum absolute atomic E-state index is 12.4. The standard InChI is InChI=1S/C22H38N2O3Si/c1-21(2,3)26-20(25)23-18-15-24(14-17-12-10-9-11-13-17)16-19(18)27-28(7,8)22(4,5)6/h9-13,18-19H,14-16H2,1-8H3,(H,23,25)/t18-,19-/m1/s1. The van der Waals surface area contributed by atoms with E-state index in [4.69, 9.17) is 9.16 Å². The molecule has 1 fully saturated rings. The van der Waals surface area contributed by atoms with Crippen LogP contribution in [0.1, 0.15) is 47.1 Å². The molecule has 1 saturated heterocycles. The maximum Gasteiger partial charge on any atom is 0.408 e. The Kier molecular flexibility index (Phi) is 7.00. The van der Waals surface area contributed by atoms with Crippen molar-refractivity contribution in [3.05, 3.63) is 35.9 Å². The van der Waals surface area contributed by atoms with E-state index in [0.717, 1.165) is 19.6 Å². The molecule has 0 aliphatic carbocycles. The molecule has 6 heteroatoms. The van der Waals surface area contributed by atoms with E-state index in [9.17, 15) is 4.79 Å². The van der Waals surface area contributed by atoms with Gasteiger partial charge in [0.05, 0.1) is 12.1 Å². The molecule has 0 radical (unpaired) electrons. The van der Waals surface area contributed by atoms with Gasteiger partial charge in [-0.15, -0.1) is 0 Å². The third-order valence-corrected chi connectivity index (χ3v) is 10.0. The topological polar surface area (TPSA) is 50.8 Å². The minimum Gasteiger partial charge on any atom is -0.444 e. The maximum atomic E-state index is 12.4. The number of hydrogen-bond acceptors (Lipinski definition) is 4. The molecule has 1 aromatic carbocycles. The molecule has 0 unspecified atom stereocenters. The number of likely N-dealkylation sites (tertiary alicyclic amines) is 1. The van der Waals surface area contributed by atoms with Crippen molar-refractivity contribution in [2.45, 2.75) is 84.0 Å². The van der Waals surface area contributed by atoms with E-state index >= 15 is 0 Å². The van der Waals surface area contributed by atoms with Gasteiger partial charge >= 0.3 is 6.09 Å². The molecule has 2 atom stereocenters. The van der Waals surface area contributed by atoms with Gasteiger partial charge in [0.2, 0.25) is 0 Å². The third kappa shape index (κ3) is 6.60. The van der Waals surface area contributed by atoms with Gasteiger partial charge in [0.15, 0.2) is 8.32 Å². The molecule has 158 valence electrons. The average molecular weight is 407 g/mol. The first-order valence-electron chi connectivity index (χ1n) is 10.2. The molecule has 0 bridgehead atoms. The van der Waals surface area contributed by atoms with Crippen LogP contribution in [-0.2, 0) is 15.7 Å². The zero-order valence-corrected chi connectivity index (χ0v) is 19.8. The van der Waals surface area contributed by atoms with Gasteiger partial charge in [-0.05, 0) is 44.5 Å². The lowest BCUT2D eigenvalue weighted by molar-refractivity contribution is 0.0467. The summed E-state index contributed by atoms with van der Waals surface area (Å²) >= 11 is 0. The smallest absolute Gasteiger partial charge is 0.408 e. The minimum atomic E-state index is -1.95. The van der Waals surface area contributed by atoms with Crippen LogP contribution in [0.5, 0.6) is 0 Å². The molecule has 5 nitrogen and oxygen atoms in total. The van der Waals surface area contributed by atoms with Crippen LogP contribution in [0.25, 0.3) is 0 Å².